The Morgan fingerprint density at radius 2 is 0.846 bits per heavy atom. The predicted octanol–water partition coefficient (Wildman–Crippen LogP) is 8.33. The summed E-state index contributed by atoms with van der Waals surface area (Å²) in [5, 5.41) is 0. The molecule has 0 amide bonds. The molecule has 0 fully saturated rings. The Kier molecular flexibility index (Phi) is 6.90. The quantitative estimate of drug-likeness (QED) is 0.165. The van der Waals surface area contributed by atoms with Gasteiger partial charge in [-0.1, -0.05) is 66.7 Å². The molecule has 5 aromatic carbocycles. The largest absolute Gasteiger partial charge is 0.457 e. The highest BCUT2D eigenvalue weighted by molar-refractivity contribution is 5.62. The molecule has 5 rings (SSSR count). The van der Waals surface area contributed by atoms with Gasteiger partial charge in [-0.15, -0.1) is 0 Å². The van der Waals surface area contributed by atoms with Crippen molar-refractivity contribution in [2.45, 2.75) is 11.6 Å². The summed E-state index contributed by atoms with van der Waals surface area (Å²) in [6, 6.07) is 33.1. The number of para-hydroxylation sites is 2. The Morgan fingerprint density at radius 1 is 0.462 bits per heavy atom. The molecular formula is C32H25F3N2O2. The highest BCUT2D eigenvalue weighted by Crippen LogP contribution is 2.56. The number of halogens is 3. The Bertz CT molecular complexity index is 1460. The summed E-state index contributed by atoms with van der Waals surface area (Å²) in [6.45, 7) is 0. The van der Waals surface area contributed by atoms with Crippen molar-refractivity contribution in [3.05, 3.63) is 144 Å². The lowest BCUT2D eigenvalue weighted by atomic mass is 9.68. The first kappa shape index (κ1) is 25.7. The van der Waals surface area contributed by atoms with Gasteiger partial charge in [0.1, 0.15) is 28.4 Å². The van der Waals surface area contributed by atoms with Crippen molar-refractivity contribution in [2.24, 2.45) is 0 Å². The van der Waals surface area contributed by atoms with Crippen molar-refractivity contribution in [3.8, 4) is 23.0 Å². The number of hydrogen-bond donors (Lipinski definition) is 2. The molecule has 39 heavy (non-hydrogen) atoms. The van der Waals surface area contributed by atoms with E-state index in [2.05, 4.69) is 0 Å². The Balaban J connectivity index is 1.78. The Hall–Kier alpha value is -4.91. The third-order valence-corrected chi connectivity index (χ3v) is 6.43. The minimum atomic E-state index is -4.81. The van der Waals surface area contributed by atoms with Gasteiger partial charge in [-0.2, -0.15) is 13.2 Å². The summed E-state index contributed by atoms with van der Waals surface area (Å²) in [5.41, 5.74) is 9.79. The minimum absolute atomic E-state index is 0.0132. The number of benzene rings is 5. The van der Waals surface area contributed by atoms with E-state index < -0.39 is 11.6 Å². The molecular weight excluding hydrogens is 501 g/mol. The number of rotatable bonds is 7. The van der Waals surface area contributed by atoms with E-state index in [0.717, 1.165) is 0 Å². The van der Waals surface area contributed by atoms with Crippen LogP contribution in [-0.4, -0.2) is 6.18 Å². The van der Waals surface area contributed by atoms with Gasteiger partial charge in [0.2, 0.25) is 0 Å². The van der Waals surface area contributed by atoms with E-state index in [1.54, 1.807) is 91.0 Å². The second kappa shape index (κ2) is 10.5. The van der Waals surface area contributed by atoms with Crippen LogP contribution >= 0.6 is 0 Å². The van der Waals surface area contributed by atoms with Crippen molar-refractivity contribution in [2.75, 3.05) is 11.5 Å². The van der Waals surface area contributed by atoms with E-state index in [9.17, 15) is 0 Å². The van der Waals surface area contributed by atoms with E-state index in [0.29, 0.717) is 22.9 Å². The molecule has 0 atom stereocenters. The predicted molar refractivity (Wildman–Crippen MR) is 147 cm³/mol. The van der Waals surface area contributed by atoms with Crippen LogP contribution in [0.4, 0.5) is 24.5 Å². The molecule has 0 saturated heterocycles. The first-order chi connectivity index (χ1) is 18.8. The maximum absolute atomic E-state index is 15.8. The van der Waals surface area contributed by atoms with Crippen LogP contribution in [0.3, 0.4) is 0 Å². The summed E-state index contributed by atoms with van der Waals surface area (Å²) < 4.78 is 59.6. The van der Waals surface area contributed by atoms with Crippen LogP contribution in [0, 0.1) is 0 Å². The number of anilines is 2. The minimum Gasteiger partial charge on any atom is -0.457 e. The van der Waals surface area contributed by atoms with Crippen LogP contribution in [0.1, 0.15) is 16.7 Å². The highest BCUT2D eigenvalue weighted by Gasteiger charge is 2.60. The molecule has 0 radical (unpaired) electrons. The SMILES string of the molecule is Nc1ccc(Oc2ccccc2C(c2ccccc2)(c2ccccc2Oc2ccc(N)cc2)C(F)(F)F)cc1. The smallest absolute Gasteiger partial charge is 0.406 e. The first-order valence-corrected chi connectivity index (χ1v) is 12.2. The van der Waals surface area contributed by atoms with Crippen LogP contribution in [0.25, 0.3) is 0 Å². The third kappa shape index (κ3) is 4.99. The second-order valence-electron chi connectivity index (χ2n) is 8.95. The number of hydrogen-bond acceptors (Lipinski definition) is 4. The molecule has 4 nitrogen and oxygen atoms in total. The van der Waals surface area contributed by atoms with Gasteiger partial charge in [-0.05, 0) is 66.2 Å². The van der Waals surface area contributed by atoms with E-state index in [1.165, 1.54) is 36.4 Å². The summed E-state index contributed by atoms with van der Waals surface area (Å²) >= 11 is 0. The zero-order chi connectivity index (χ0) is 27.5. The fourth-order valence-corrected chi connectivity index (χ4v) is 4.67. The molecule has 0 aliphatic heterocycles. The maximum atomic E-state index is 15.8. The standard InChI is InChI=1S/C32H25F3N2O2/c33-32(34,35)31(22-8-2-1-3-9-22,27-10-4-6-12-29(27)38-25-18-14-23(36)15-19-25)28-11-5-7-13-30(28)39-26-20-16-24(37)17-21-26/h1-21H,36-37H2. The second-order valence-corrected chi connectivity index (χ2v) is 8.95. The summed E-state index contributed by atoms with van der Waals surface area (Å²) in [7, 11) is 0. The van der Waals surface area contributed by atoms with Crippen LogP contribution < -0.4 is 20.9 Å². The average molecular weight is 527 g/mol. The summed E-state index contributed by atoms with van der Waals surface area (Å²) in [5.74, 6) is 0.802. The fourth-order valence-electron chi connectivity index (χ4n) is 4.67. The van der Waals surface area contributed by atoms with Crippen LogP contribution in [0.2, 0.25) is 0 Å². The van der Waals surface area contributed by atoms with Gasteiger partial charge in [0, 0.05) is 22.5 Å². The molecule has 0 saturated carbocycles. The van der Waals surface area contributed by atoms with Gasteiger partial charge in [0.15, 0.2) is 0 Å². The zero-order valence-electron chi connectivity index (χ0n) is 20.7. The summed E-state index contributed by atoms with van der Waals surface area (Å²) in [6.07, 6.45) is -4.81. The molecule has 0 aromatic heterocycles. The molecule has 0 unspecified atom stereocenters. The van der Waals surface area contributed by atoms with Crippen molar-refractivity contribution < 1.29 is 22.6 Å². The molecule has 0 aliphatic rings. The number of nitrogens with two attached hydrogens (primary N) is 2. The van der Waals surface area contributed by atoms with Crippen molar-refractivity contribution in [3.63, 3.8) is 0 Å². The molecule has 7 heteroatoms. The Morgan fingerprint density at radius 3 is 1.26 bits per heavy atom. The molecule has 0 aliphatic carbocycles. The van der Waals surface area contributed by atoms with E-state index in [1.807, 2.05) is 0 Å². The van der Waals surface area contributed by atoms with Crippen LogP contribution in [-0.2, 0) is 5.41 Å². The van der Waals surface area contributed by atoms with E-state index in [-0.39, 0.29) is 28.2 Å². The van der Waals surface area contributed by atoms with Crippen molar-refractivity contribution in [1.82, 2.24) is 0 Å². The zero-order valence-corrected chi connectivity index (χ0v) is 20.7. The van der Waals surface area contributed by atoms with Gasteiger partial charge >= 0.3 is 6.18 Å². The van der Waals surface area contributed by atoms with E-state index >= 15 is 13.2 Å². The molecule has 0 heterocycles. The molecule has 196 valence electrons. The number of ether oxygens (including phenoxy) is 2. The van der Waals surface area contributed by atoms with E-state index in [4.69, 9.17) is 20.9 Å². The lowest BCUT2D eigenvalue weighted by Crippen LogP contribution is -2.45. The maximum Gasteiger partial charge on any atom is 0.406 e. The molecule has 0 spiro atoms. The van der Waals surface area contributed by atoms with Gasteiger partial charge in [-0.3, -0.25) is 0 Å². The summed E-state index contributed by atoms with van der Waals surface area (Å²) in [4.78, 5) is 0. The lowest BCUT2D eigenvalue weighted by Gasteiger charge is -2.39. The van der Waals surface area contributed by atoms with Crippen LogP contribution in [0.5, 0.6) is 23.0 Å². The van der Waals surface area contributed by atoms with Crippen molar-refractivity contribution >= 4 is 11.4 Å². The monoisotopic (exact) mass is 526 g/mol. The average Bonchev–Trinajstić information content (AvgIpc) is 2.93. The number of alkyl halides is 3. The third-order valence-electron chi connectivity index (χ3n) is 6.43. The first-order valence-electron chi connectivity index (χ1n) is 12.2. The Labute approximate surface area is 224 Å². The molecule has 5 aromatic rings. The van der Waals surface area contributed by atoms with Gasteiger partial charge in [-0.25, -0.2) is 0 Å². The van der Waals surface area contributed by atoms with Crippen molar-refractivity contribution in [1.29, 1.82) is 0 Å². The van der Waals surface area contributed by atoms with Gasteiger partial charge in [0.05, 0.1) is 0 Å². The van der Waals surface area contributed by atoms with Crippen LogP contribution in [0.15, 0.2) is 127 Å². The lowest BCUT2D eigenvalue weighted by molar-refractivity contribution is -0.167. The number of nitrogen functional groups attached to an aromatic ring is 2. The fraction of sp³-hybridized carbons (Fsp3) is 0.0625. The highest BCUT2D eigenvalue weighted by atomic mass is 19.4. The van der Waals surface area contributed by atoms with Gasteiger partial charge < -0.3 is 20.9 Å². The normalized spacial score (nSPS) is 11.7. The topological polar surface area (TPSA) is 70.5 Å². The molecule has 4 N–H and O–H groups in total. The van der Waals surface area contributed by atoms with Gasteiger partial charge in [0.25, 0.3) is 0 Å². The molecule has 0 bridgehead atoms.